The average Bonchev–Trinajstić information content (AvgIpc) is 3.24. The van der Waals surface area contributed by atoms with Crippen LogP contribution in [-0.2, 0) is 14.4 Å². The Labute approximate surface area is 210 Å². The van der Waals surface area contributed by atoms with Crippen molar-refractivity contribution in [1.82, 2.24) is 10.2 Å². The molecule has 192 valence electrons. The Balaban J connectivity index is 1.67. The van der Waals surface area contributed by atoms with Crippen molar-refractivity contribution >= 4 is 24.2 Å². The first-order valence-electron chi connectivity index (χ1n) is 11.2. The molecule has 1 aliphatic heterocycles. The summed E-state index contributed by atoms with van der Waals surface area (Å²) in [4.78, 5) is 42.1. The average molecular weight is 513 g/mol. The van der Waals surface area contributed by atoms with E-state index in [9.17, 15) is 18.8 Å². The molecule has 2 aliphatic rings. The number of carbonyl (C=O) groups excluding carboxylic acids is 3. The van der Waals surface area contributed by atoms with Gasteiger partial charge in [0, 0.05) is 6.92 Å². The van der Waals surface area contributed by atoms with E-state index in [1.54, 1.807) is 18.2 Å². The second-order valence-electron chi connectivity index (χ2n) is 8.47. The van der Waals surface area contributed by atoms with Gasteiger partial charge >= 0.3 is 12.1 Å². The molecule has 37 heavy (non-hydrogen) atoms. The van der Waals surface area contributed by atoms with E-state index in [2.05, 4.69) is 10.5 Å². The van der Waals surface area contributed by atoms with E-state index in [4.69, 9.17) is 9.57 Å². The lowest BCUT2D eigenvalue weighted by atomic mass is 9.84. The maximum atomic E-state index is 15.4. The summed E-state index contributed by atoms with van der Waals surface area (Å²) in [5.41, 5.74) is -1.75. The summed E-state index contributed by atoms with van der Waals surface area (Å²) in [6, 6.07) is 12.7. The maximum absolute atomic E-state index is 15.4. The minimum absolute atomic E-state index is 0.0241. The molecule has 1 saturated heterocycles. The van der Waals surface area contributed by atoms with Crippen LogP contribution in [-0.4, -0.2) is 53.8 Å². The van der Waals surface area contributed by atoms with Crippen LogP contribution in [0.3, 0.4) is 0 Å². The van der Waals surface area contributed by atoms with Crippen LogP contribution in [0.5, 0.6) is 0 Å². The van der Waals surface area contributed by atoms with Gasteiger partial charge in [0.25, 0.3) is 0 Å². The molecule has 1 fully saturated rings. The third-order valence-corrected chi connectivity index (χ3v) is 5.80. The lowest BCUT2D eigenvalue weighted by molar-refractivity contribution is -0.119. The highest BCUT2D eigenvalue weighted by Crippen LogP contribution is 2.42. The molecule has 0 saturated carbocycles. The van der Waals surface area contributed by atoms with Gasteiger partial charge in [0.2, 0.25) is 5.91 Å². The molecule has 0 spiro atoms. The number of allylic oxidation sites excluding steroid dienone is 2. The van der Waals surface area contributed by atoms with Crippen LogP contribution in [0.4, 0.5) is 18.0 Å². The monoisotopic (exact) mass is 513 g/mol. The van der Waals surface area contributed by atoms with Crippen LogP contribution in [0.1, 0.15) is 28.8 Å². The number of ether oxygens (including phenoxy) is 1. The summed E-state index contributed by atoms with van der Waals surface area (Å²) >= 11 is 0. The first kappa shape index (κ1) is 25.7. The number of nitrogens with zero attached hydrogens (tertiary/aromatic N) is 2. The maximum Gasteiger partial charge on any atom is 0.411 e. The Hall–Kier alpha value is -4.41. The van der Waals surface area contributed by atoms with E-state index >= 15 is 8.78 Å². The second-order valence-corrected chi connectivity index (χ2v) is 8.47. The van der Waals surface area contributed by atoms with Crippen molar-refractivity contribution in [3.05, 3.63) is 95.3 Å². The molecule has 4 rings (SSSR count). The van der Waals surface area contributed by atoms with E-state index in [1.165, 1.54) is 31.2 Å². The van der Waals surface area contributed by atoms with Gasteiger partial charge in [-0.3, -0.25) is 9.69 Å². The van der Waals surface area contributed by atoms with Crippen LogP contribution >= 0.6 is 0 Å². The lowest BCUT2D eigenvalue weighted by Crippen LogP contribution is -2.50. The summed E-state index contributed by atoms with van der Waals surface area (Å²) in [5, 5.41) is 6.14. The molecular formula is C26H22F3N3O5. The molecule has 2 amide bonds. The number of hydrogen-bond acceptors (Lipinski definition) is 6. The summed E-state index contributed by atoms with van der Waals surface area (Å²) in [6.07, 6.45) is 0.994. The molecule has 2 aromatic rings. The largest absolute Gasteiger partial charge is 0.442 e. The minimum Gasteiger partial charge on any atom is -0.442 e. The molecule has 0 aromatic heterocycles. The quantitative estimate of drug-likeness (QED) is 0.341. The molecular weight excluding hydrogens is 491 g/mol. The standard InChI is InChI=1S/C26H22F3N3O5/c1-16(33)30-13-20-14-32(25(35)36-20)26(15-31-37-24(34)17-6-3-2-4-7-17)11-21(28)23(22(29)12-26)18-8-5-9-19(27)10-18/h2-12,15,20,23H,13-14H2,1H3,(H,30,33)/b31-15+/t20-,23?,26?/m0/s1. The number of oxime groups is 1. The predicted octanol–water partition coefficient (Wildman–Crippen LogP) is 4.17. The van der Waals surface area contributed by atoms with E-state index in [0.29, 0.717) is 0 Å². The molecule has 8 nitrogen and oxygen atoms in total. The van der Waals surface area contributed by atoms with E-state index in [-0.39, 0.29) is 30.1 Å². The number of halogens is 3. The lowest BCUT2D eigenvalue weighted by Gasteiger charge is -2.35. The zero-order valence-corrected chi connectivity index (χ0v) is 19.6. The number of carbonyl (C=O) groups is 3. The fraction of sp³-hybridized carbons (Fsp3) is 0.231. The molecule has 1 N–H and O–H groups in total. The Morgan fingerprint density at radius 3 is 2.49 bits per heavy atom. The summed E-state index contributed by atoms with van der Waals surface area (Å²) in [5.74, 6) is -5.45. The van der Waals surface area contributed by atoms with Crippen LogP contribution in [0.2, 0.25) is 0 Å². The van der Waals surface area contributed by atoms with Gasteiger partial charge in [-0.15, -0.1) is 0 Å². The molecule has 0 radical (unpaired) electrons. The van der Waals surface area contributed by atoms with Crippen LogP contribution in [0.25, 0.3) is 0 Å². The van der Waals surface area contributed by atoms with Crippen molar-refractivity contribution in [3.8, 4) is 0 Å². The Morgan fingerprint density at radius 1 is 1.14 bits per heavy atom. The molecule has 2 aromatic carbocycles. The number of hydrogen-bond donors (Lipinski definition) is 1. The van der Waals surface area contributed by atoms with Crippen LogP contribution in [0, 0.1) is 5.82 Å². The molecule has 0 unspecified atom stereocenters. The minimum atomic E-state index is -1.96. The normalized spacial score (nSPS) is 23.4. The summed E-state index contributed by atoms with van der Waals surface area (Å²) in [6.45, 7) is 1.09. The highest BCUT2D eigenvalue weighted by Gasteiger charge is 2.47. The van der Waals surface area contributed by atoms with Crippen LogP contribution < -0.4 is 5.32 Å². The summed E-state index contributed by atoms with van der Waals surface area (Å²) in [7, 11) is 0. The molecule has 1 atom stereocenters. The number of cyclic esters (lactones) is 1. The Kier molecular flexibility index (Phi) is 7.42. The predicted molar refractivity (Wildman–Crippen MR) is 126 cm³/mol. The van der Waals surface area contributed by atoms with Gasteiger partial charge in [-0.05, 0) is 42.0 Å². The topological polar surface area (TPSA) is 97.3 Å². The first-order valence-corrected chi connectivity index (χ1v) is 11.2. The zero-order chi connectivity index (χ0) is 26.6. The van der Waals surface area contributed by atoms with Crippen LogP contribution in [0.15, 0.2) is 83.6 Å². The van der Waals surface area contributed by atoms with Gasteiger partial charge in [-0.1, -0.05) is 35.5 Å². The van der Waals surface area contributed by atoms with Crippen molar-refractivity contribution in [2.24, 2.45) is 5.16 Å². The van der Waals surface area contributed by atoms with Crippen molar-refractivity contribution in [1.29, 1.82) is 0 Å². The van der Waals surface area contributed by atoms with Gasteiger partial charge in [0.1, 0.15) is 29.1 Å². The fourth-order valence-corrected chi connectivity index (χ4v) is 4.07. The van der Waals surface area contributed by atoms with E-state index in [0.717, 1.165) is 35.4 Å². The van der Waals surface area contributed by atoms with Gasteiger partial charge in [0.05, 0.1) is 30.8 Å². The highest BCUT2D eigenvalue weighted by atomic mass is 19.1. The second kappa shape index (κ2) is 10.7. The molecule has 1 aliphatic carbocycles. The fourth-order valence-electron chi connectivity index (χ4n) is 4.07. The smallest absolute Gasteiger partial charge is 0.411 e. The first-order chi connectivity index (χ1) is 17.7. The Morgan fingerprint density at radius 2 is 1.84 bits per heavy atom. The Bertz CT molecular complexity index is 1280. The third-order valence-electron chi connectivity index (χ3n) is 5.80. The number of nitrogens with one attached hydrogen (secondary N) is 1. The number of benzene rings is 2. The van der Waals surface area contributed by atoms with Gasteiger partial charge in [-0.2, -0.15) is 0 Å². The third kappa shape index (κ3) is 5.71. The number of rotatable bonds is 7. The van der Waals surface area contributed by atoms with Gasteiger partial charge in [-0.25, -0.2) is 22.8 Å². The number of amides is 2. The van der Waals surface area contributed by atoms with E-state index in [1.807, 2.05) is 0 Å². The molecule has 0 bridgehead atoms. The summed E-state index contributed by atoms with van der Waals surface area (Å²) < 4.78 is 49.9. The molecule has 1 heterocycles. The van der Waals surface area contributed by atoms with Crippen molar-refractivity contribution in [2.45, 2.75) is 24.5 Å². The van der Waals surface area contributed by atoms with Gasteiger partial charge in [0.15, 0.2) is 0 Å². The van der Waals surface area contributed by atoms with Crippen molar-refractivity contribution in [2.75, 3.05) is 13.1 Å². The van der Waals surface area contributed by atoms with Crippen molar-refractivity contribution in [3.63, 3.8) is 0 Å². The zero-order valence-electron chi connectivity index (χ0n) is 19.6. The molecule has 11 heteroatoms. The SMILES string of the molecule is CC(=O)NC[C@H]1CN(C2(/C=N/OC(=O)c3ccccc3)C=C(F)C(c3cccc(F)c3)C(F)=C2)C(=O)O1. The van der Waals surface area contributed by atoms with E-state index < -0.39 is 47.1 Å². The highest BCUT2D eigenvalue weighted by molar-refractivity contribution is 5.90. The van der Waals surface area contributed by atoms with Crippen molar-refractivity contribution < 1.29 is 37.1 Å². The van der Waals surface area contributed by atoms with Gasteiger partial charge < -0.3 is 14.9 Å².